The summed E-state index contributed by atoms with van der Waals surface area (Å²) in [5.41, 5.74) is 4.88. The predicted octanol–water partition coefficient (Wildman–Crippen LogP) is 9.80. The molecule has 76 heavy (non-hydrogen) atoms. The SMILES string of the molecule is CCOCCOc1cc2ncnc(Nc3cccc(C#CCN(C)C/C=C/C(=O)Nc4cc5c(Nc6ccc(OCc7cccc(F)c7)c(Cl)c6)ncnc5cc4OCCOCC)c3)c2cc1NC(=O)/C=C/CN(C)C. The molecule has 0 aliphatic heterocycles. The smallest absolute Gasteiger partial charge is 0.248 e. The van der Waals surface area contributed by atoms with E-state index in [1.807, 2.05) is 69.1 Å². The summed E-state index contributed by atoms with van der Waals surface area (Å²) in [5, 5.41) is 14.2. The van der Waals surface area contributed by atoms with Gasteiger partial charge in [0.05, 0.1) is 47.2 Å². The molecule has 394 valence electrons. The zero-order valence-electron chi connectivity index (χ0n) is 43.0. The van der Waals surface area contributed by atoms with Crippen LogP contribution in [0.2, 0.25) is 5.02 Å². The third-order valence-corrected chi connectivity index (χ3v) is 11.3. The Morgan fingerprint density at radius 1 is 0.658 bits per heavy atom. The van der Waals surface area contributed by atoms with Crippen LogP contribution >= 0.6 is 11.6 Å². The number of benzene rings is 5. The first-order valence-electron chi connectivity index (χ1n) is 24.5. The fourth-order valence-electron chi connectivity index (χ4n) is 7.34. The normalized spacial score (nSPS) is 11.3. The van der Waals surface area contributed by atoms with E-state index in [2.05, 4.69) is 53.0 Å². The Hall–Kier alpha value is -8.18. The number of nitrogens with one attached hydrogen (secondary N) is 4. The molecule has 0 aliphatic rings. The van der Waals surface area contributed by atoms with Crippen molar-refractivity contribution < 1.29 is 37.7 Å². The number of amides is 2. The van der Waals surface area contributed by atoms with Gasteiger partial charge in [-0.25, -0.2) is 24.3 Å². The number of fused-ring (bicyclic) bond motifs is 2. The van der Waals surface area contributed by atoms with E-state index in [1.54, 1.807) is 66.7 Å². The molecule has 7 aromatic rings. The highest BCUT2D eigenvalue weighted by Crippen LogP contribution is 2.36. The predicted molar refractivity (Wildman–Crippen MR) is 297 cm³/mol. The van der Waals surface area contributed by atoms with Gasteiger partial charge in [-0.05, 0) is 101 Å². The van der Waals surface area contributed by atoms with Crippen LogP contribution in [0.1, 0.15) is 25.0 Å². The van der Waals surface area contributed by atoms with Gasteiger partial charge in [0.15, 0.2) is 0 Å². The number of nitrogens with zero attached hydrogens (tertiary/aromatic N) is 6. The van der Waals surface area contributed by atoms with Crippen LogP contribution in [0.3, 0.4) is 0 Å². The fourth-order valence-corrected chi connectivity index (χ4v) is 7.58. The Bertz CT molecular complexity index is 3240. The molecule has 0 spiro atoms. The van der Waals surface area contributed by atoms with Gasteiger partial charge in [0.25, 0.3) is 0 Å². The first-order chi connectivity index (χ1) is 36.9. The van der Waals surface area contributed by atoms with Crippen molar-refractivity contribution in [1.82, 2.24) is 29.7 Å². The molecule has 2 amide bonds. The number of hydrogen-bond donors (Lipinski definition) is 4. The summed E-state index contributed by atoms with van der Waals surface area (Å²) >= 11 is 6.60. The van der Waals surface area contributed by atoms with Crippen molar-refractivity contribution in [2.45, 2.75) is 20.5 Å². The van der Waals surface area contributed by atoms with E-state index in [9.17, 15) is 14.0 Å². The first kappa shape index (κ1) is 55.6. The molecule has 0 atom stereocenters. The molecule has 5 aromatic carbocycles. The van der Waals surface area contributed by atoms with E-state index < -0.39 is 0 Å². The summed E-state index contributed by atoms with van der Waals surface area (Å²) in [7, 11) is 5.76. The molecule has 2 aromatic heterocycles. The minimum atomic E-state index is -0.374. The summed E-state index contributed by atoms with van der Waals surface area (Å²) in [5.74, 6) is 7.72. The summed E-state index contributed by atoms with van der Waals surface area (Å²) in [4.78, 5) is 48.2. The number of likely N-dealkylation sites (N-methyl/N-ethyl adjacent to an activating group) is 2. The maximum Gasteiger partial charge on any atom is 0.248 e. The number of halogens is 2. The van der Waals surface area contributed by atoms with Gasteiger partial charge < -0.3 is 49.9 Å². The topological polar surface area (TPSA) is 186 Å². The quantitative estimate of drug-likeness (QED) is 0.0228. The number of ether oxygens (including phenoxy) is 5. The molecule has 0 bridgehead atoms. The van der Waals surface area contributed by atoms with Gasteiger partial charge in [-0.2, -0.15) is 0 Å². The van der Waals surface area contributed by atoms with Gasteiger partial charge in [0.2, 0.25) is 11.8 Å². The highest BCUT2D eigenvalue weighted by atomic mass is 35.5. The molecule has 4 N–H and O–H groups in total. The molecule has 0 fully saturated rings. The first-order valence-corrected chi connectivity index (χ1v) is 24.9. The van der Waals surface area contributed by atoms with Crippen molar-refractivity contribution in [3.8, 4) is 29.1 Å². The van der Waals surface area contributed by atoms with Crippen molar-refractivity contribution in [2.24, 2.45) is 0 Å². The standard InChI is InChI=1S/C57H60ClFN10O7/c1-6-72-25-27-74-52-34-47-44(32-49(52)66-54(70)18-11-22-68(3)4)56(62-37-60-47)64-42-17-9-13-39(30-42)15-10-23-69(5)24-12-19-55(71)67-50-33-45-48(35-53(50)75-28-26-73-7-2)61-38-63-57(45)65-43-20-21-51(46(58)31-43)76-36-40-14-8-16-41(59)29-40/h8-9,11-14,16-21,29-35,37-38H,6-7,22-28,36H2,1-5H3,(H,66,70)(H,67,71)(H,60,62,64)(H,61,63,65)/b18-11+,19-12+. The largest absolute Gasteiger partial charge is 0.489 e. The molecule has 17 nitrogen and oxygen atoms in total. The Morgan fingerprint density at radius 3 is 1.83 bits per heavy atom. The number of rotatable bonds is 26. The molecular weight excluding hydrogens is 991 g/mol. The third-order valence-electron chi connectivity index (χ3n) is 11.0. The molecule has 2 heterocycles. The molecular formula is C57H60ClFN10O7. The molecule has 0 aliphatic carbocycles. The van der Waals surface area contributed by atoms with Crippen LogP contribution in [-0.2, 0) is 25.7 Å². The second-order valence-corrected chi connectivity index (χ2v) is 17.6. The molecule has 7 rings (SSSR count). The number of carbonyl (C=O) groups is 2. The Kier molecular flexibility index (Phi) is 20.8. The van der Waals surface area contributed by atoms with Crippen molar-refractivity contribution in [3.63, 3.8) is 0 Å². The van der Waals surface area contributed by atoms with Crippen LogP contribution < -0.4 is 35.5 Å². The summed E-state index contributed by atoms with van der Waals surface area (Å²) in [6, 6.07) is 26.1. The van der Waals surface area contributed by atoms with Crippen molar-refractivity contribution in [2.75, 3.05) is 102 Å². The maximum atomic E-state index is 13.7. The zero-order chi connectivity index (χ0) is 53.7. The van der Waals surface area contributed by atoms with Gasteiger partial charge >= 0.3 is 0 Å². The Morgan fingerprint density at radius 2 is 1.25 bits per heavy atom. The van der Waals surface area contributed by atoms with Crippen LogP contribution in [0, 0.1) is 17.7 Å². The van der Waals surface area contributed by atoms with Gasteiger partial charge in [-0.1, -0.05) is 53.8 Å². The van der Waals surface area contributed by atoms with Crippen LogP contribution in [0.5, 0.6) is 17.2 Å². The van der Waals surface area contributed by atoms with Crippen molar-refractivity contribution >= 4 is 79.6 Å². The van der Waals surface area contributed by atoms with Gasteiger partial charge in [-0.15, -0.1) is 0 Å². The number of carbonyl (C=O) groups excluding carboxylic acids is 2. The van der Waals surface area contributed by atoms with Gasteiger partial charge in [0, 0.05) is 78.3 Å². The van der Waals surface area contributed by atoms with Crippen LogP contribution in [0.25, 0.3) is 21.8 Å². The molecule has 0 saturated heterocycles. The van der Waals surface area contributed by atoms with E-state index in [-0.39, 0.29) is 30.8 Å². The lowest BCUT2D eigenvalue weighted by Crippen LogP contribution is -2.19. The summed E-state index contributed by atoms with van der Waals surface area (Å²) in [6.45, 7) is 7.81. The Labute approximate surface area is 446 Å². The maximum absolute atomic E-state index is 13.7. The van der Waals surface area contributed by atoms with E-state index >= 15 is 0 Å². The number of anilines is 6. The second kappa shape index (κ2) is 28.5. The number of hydrogen-bond acceptors (Lipinski definition) is 15. The van der Waals surface area contributed by atoms with Crippen molar-refractivity contribution in [1.29, 1.82) is 0 Å². The second-order valence-electron chi connectivity index (χ2n) is 17.2. The third kappa shape index (κ3) is 16.9. The Balaban J connectivity index is 0.980. The lowest BCUT2D eigenvalue weighted by molar-refractivity contribution is -0.112. The zero-order valence-corrected chi connectivity index (χ0v) is 43.7. The molecule has 0 saturated carbocycles. The van der Waals surface area contributed by atoms with E-state index in [0.29, 0.717) is 131 Å². The minimum Gasteiger partial charge on any atom is -0.489 e. The highest BCUT2D eigenvalue weighted by Gasteiger charge is 2.16. The summed E-state index contributed by atoms with van der Waals surface area (Å²) in [6.07, 6.45) is 9.38. The van der Waals surface area contributed by atoms with Crippen LogP contribution in [0.4, 0.5) is 38.8 Å². The average molecular weight is 1050 g/mol. The minimum absolute atomic E-state index is 0.144. The fraction of sp³-hybridized carbons (Fsp3) is 0.263. The van der Waals surface area contributed by atoms with Gasteiger partial charge in [0.1, 0.15) is 67.2 Å². The van der Waals surface area contributed by atoms with Crippen LogP contribution in [0.15, 0.2) is 128 Å². The number of aromatic nitrogens is 4. The van der Waals surface area contributed by atoms with Crippen LogP contribution in [-0.4, -0.2) is 122 Å². The van der Waals surface area contributed by atoms with E-state index in [1.165, 1.54) is 36.9 Å². The lowest BCUT2D eigenvalue weighted by atomic mass is 10.1. The monoisotopic (exact) mass is 1050 g/mol. The highest BCUT2D eigenvalue weighted by molar-refractivity contribution is 6.32. The molecule has 0 unspecified atom stereocenters. The van der Waals surface area contributed by atoms with E-state index in [4.69, 9.17) is 35.3 Å². The summed E-state index contributed by atoms with van der Waals surface area (Å²) < 4.78 is 42.6. The van der Waals surface area contributed by atoms with E-state index in [0.717, 1.165) is 11.3 Å². The molecule has 19 heteroatoms. The molecule has 0 radical (unpaired) electrons. The van der Waals surface area contributed by atoms with Gasteiger partial charge in [-0.3, -0.25) is 14.5 Å². The van der Waals surface area contributed by atoms with Crippen molar-refractivity contribution in [3.05, 3.63) is 150 Å². The lowest BCUT2D eigenvalue weighted by Gasteiger charge is -2.15. The average Bonchev–Trinajstić information content (AvgIpc) is 3.40.